The molecule has 128 valence electrons. The summed E-state index contributed by atoms with van der Waals surface area (Å²) >= 11 is 0. The summed E-state index contributed by atoms with van der Waals surface area (Å²) in [7, 11) is 0. The molecule has 2 bridgehead atoms. The number of aliphatic hydroxyl groups excluding tert-OH is 1. The number of hydrogen-bond acceptors (Lipinski definition) is 2. The maximum atomic E-state index is 11.2. The van der Waals surface area contributed by atoms with Gasteiger partial charge < -0.3 is 10.2 Å². The molecule has 0 radical (unpaired) electrons. The molecule has 0 amide bonds. The van der Waals surface area contributed by atoms with Crippen molar-refractivity contribution in [2.45, 2.75) is 58.8 Å². The number of carboxylic acids is 1. The minimum atomic E-state index is -0.700. The van der Waals surface area contributed by atoms with Crippen molar-refractivity contribution in [3.05, 3.63) is 24.3 Å². The lowest BCUT2D eigenvalue weighted by Crippen LogP contribution is -2.52. The molecule has 3 aliphatic rings. The Morgan fingerprint density at radius 3 is 2.65 bits per heavy atom. The standard InChI is InChI=1S/C20H30O3/c1-14(2)15-4-9-20-11-10-19(12-20,13-21)8-5-16(20)18(15,3)7-6-17(22)23/h10-11,15-16,21H,1,4-9,12-13H2,2-3H3,(H,22,23). The van der Waals surface area contributed by atoms with Crippen molar-refractivity contribution in [3.8, 4) is 0 Å². The number of fused-ring (bicyclic) bond motifs is 1. The summed E-state index contributed by atoms with van der Waals surface area (Å²) in [5.74, 6) is 0.213. The van der Waals surface area contributed by atoms with Crippen LogP contribution in [0.1, 0.15) is 58.8 Å². The number of hydrogen-bond donors (Lipinski definition) is 2. The van der Waals surface area contributed by atoms with Crippen molar-refractivity contribution in [2.24, 2.45) is 28.1 Å². The molecule has 5 atom stereocenters. The maximum Gasteiger partial charge on any atom is 0.303 e. The summed E-state index contributed by atoms with van der Waals surface area (Å²) in [6, 6.07) is 0. The lowest BCUT2D eigenvalue weighted by molar-refractivity contribution is -0.140. The second-order valence-corrected chi connectivity index (χ2v) is 8.69. The molecule has 3 rings (SSSR count). The summed E-state index contributed by atoms with van der Waals surface area (Å²) in [4.78, 5) is 11.2. The van der Waals surface area contributed by atoms with Gasteiger partial charge in [-0.05, 0) is 68.1 Å². The Labute approximate surface area is 139 Å². The highest BCUT2D eigenvalue weighted by molar-refractivity contribution is 5.66. The molecule has 2 fully saturated rings. The van der Waals surface area contributed by atoms with E-state index in [0.29, 0.717) is 11.8 Å². The van der Waals surface area contributed by atoms with Crippen molar-refractivity contribution >= 4 is 5.97 Å². The van der Waals surface area contributed by atoms with Gasteiger partial charge in [-0.25, -0.2) is 0 Å². The fraction of sp³-hybridized carbons (Fsp3) is 0.750. The van der Waals surface area contributed by atoms with Gasteiger partial charge in [0.1, 0.15) is 0 Å². The van der Waals surface area contributed by atoms with E-state index in [1.807, 2.05) is 0 Å². The lowest BCUT2D eigenvalue weighted by Gasteiger charge is -2.59. The van der Waals surface area contributed by atoms with E-state index in [9.17, 15) is 15.0 Å². The fourth-order valence-electron chi connectivity index (χ4n) is 6.29. The Balaban J connectivity index is 1.95. The van der Waals surface area contributed by atoms with Gasteiger partial charge in [0, 0.05) is 11.8 Å². The minimum Gasteiger partial charge on any atom is -0.481 e. The summed E-state index contributed by atoms with van der Waals surface area (Å²) in [6.07, 6.45) is 11.0. The second kappa shape index (κ2) is 5.47. The first-order valence-electron chi connectivity index (χ1n) is 8.95. The quantitative estimate of drug-likeness (QED) is 0.748. The third kappa shape index (κ3) is 2.48. The molecule has 0 heterocycles. The molecule has 5 unspecified atom stereocenters. The summed E-state index contributed by atoms with van der Waals surface area (Å²) in [5.41, 5.74) is 1.35. The highest BCUT2D eigenvalue weighted by atomic mass is 16.4. The number of carbonyl (C=O) groups is 1. The minimum absolute atomic E-state index is 0.00122. The zero-order valence-electron chi connectivity index (χ0n) is 14.5. The zero-order valence-corrected chi connectivity index (χ0v) is 14.5. The Morgan fingerprint density at radius 1 is 1.30 bits per heavy atom. The number of carboxylic acid groups (broad SMARTS) is 1. The maximum absolute atomic E-state index is 11.2. The molecule has 0 aromatic carbocycles. The third-order valence-electron chi connectivity index (χ3n) is 7.35. The molecule has 0 aliphatic heterocycles. The van der Waals surface area contributed by atoms with Crippen LogP contribution in [0.15, 0.2) is 24.3 Å². The highest BCUT2D eigenvalue weighted by Crippen LogP contribution is 2.68. The Morgan fingerprint density at radius 2 is 2.04 bits per heavy atom. The first-order valence-corrected chi connectivity index (χ1v) is 8.95. The second-order valence-electron chi connectivity index (χ2n) is 8.69. The van der Waals surface area contributed by atoms with Gasteiger partial charge in [0.05, 0.1) is 6.61 Å². The van der Waals surface area contributed by atoms with E-state index in [1.165, 1.54) is 5.57 Å². The SMILES string of the molecule is C=C(C)C1CCC23C=CC(CO)(CCC2C1(C)CCC(=O)O)C3. The zero-order chi connectivity index (χ0) is 16.9. The van der Waals surface area contributed by atoms with Crippen molar-refractivity contribution < 1.29 is 15.0 Å². The fourth-order valence-corrected chi connectivity index (χ4v) is 6.29. The Kier molecular flexibility index (Phi) is 3.99. The molecule has 23 heavy (non-hydrogen) atoms. The largest absolute Gasteiger partial charge is 0.481 e. The van der Waals surface area contributed by atoms with Crippen LogP contribution in [-0.4, -0.2) is 22.8 Å². The molecule has 3 nitrogen and oxygen atoms in total. The van der Waals surface area contributed by atoms with Gasteiger partial charge in [0.2, 0.25) is 0 Å². The smallest absolute Gasteiger partial charge is 0.303 e. The highest BCUT2D eigenvalue weighted by Gasteiger charge is 2.60. The number of rotatable bonds is 5. The van der Waals surface area contributed by atoms with E-state index in [-0.39, 0.29) is 29.3 Å². The molecule has 0 aromatic heterocycles. The first kappa shape index (κ1) is 16.8. The summed E-state index contributed by atoms with van der Waals surface area (Å²) in [6.45, 7) is 8.87. The van der Waals surface area contributed by atoms with Gasteiger partial charge in [0.15, 0.2) is 0 Å². The lowest BCUT2D eigenvalue weighted by atomic mass is 9.45. The van der Waals surface area contributed by atoms with E-state index in [1.54, 1.807) is 0 Å². The van der Waals surface area contributed by atoms with Crippen LogP contribution in [0.5, 0.6) is 0 Å². The van der Waals surface area contributed by atoms with Gasteiger partial charge in [0.25, 0.3) is 0 Å². The summed E-state index contributed by atoms with van der Waals surface area (Å²) in [5, 5.41) is 19.1. The van der Waals surface area contributed by atoms with Crippen molar-refractivity contribution in [1.82, 2.24) is 0 Å². The van der Waals surface area contributed by atoms with Crippen molar-refractivity contribution in [2.75, 3.05) is 6.61 Å². The van der Waals surface area contributed by atoms with Gasteiger partial charge in [-0.2, -0.15) is 0 Å². The van der Waals surface area contributed by atoms with Gasteiger partial charge in [-0.15, -0.1) is 0 Å². The van der Waals surface area contributed by atoms with Crippen LogP contribution in [0.2, 0.25) is 0 Å². The van der Waals surface area contributed by atoms with Gasteiger partial charge >= 0.3 is 5.97 Å². The summed E-state index contributed by atoms with van der Waals surface area (Å²) < 4.78 is 0. The molecule has 2 N–H and O–H groups in total. The Hall–Kier alpha value is -1.09. The van der Waals surface area contributed by atoms with Crippen molar-refractivity contribution in [1.29, 1.82) is 0 Å². The topological polar surface area (TPSA) is 57.5 Å². The van der Waals surface area contributed by atoms with E-state index in [2.05, 4.69) is 32.6 Å². The average Bonchev–Trinajstić information content (AvgIpc) is 2.77. The number of aliphatic hydroxyl groups is 1. The molecule has 1 spiro atoms. The van der Waals surface area contributed by atoms with Crippen LogP contribution in [0, 0.1) is 28.1 Å². The van der Waals surface area contributed by atoms with Crippen LogP contribution < -0.4 is 0 Å². The van der Waals surface area contributed by atoms with Crippen LogP contribution >= 0.6 is 0 Å². The van der Waals surface area contributed by atoms with E-state index < -0.39 is 5.97 Å². The van der Waals surface area contributed by atoms with Crippen LogP contribution in [0.3, 0.4) is 0 Å². The van der Waals surface area contributed by atoms with Crippen LogP contribution in [0.25, 0.3) is 0 Å². The number of allylic oxidation sites excluding steroid dienone is 2. The van der Waals surface area contributed by atoms with E-state index in [4.69, 9.17) is 0 Å². The van der Waals surface area contributed by atoms with Crippen LogP contribution in [0.4, 0.5) is 0 Å². The van der Waals surface area contributed by atoms with E-state index in [0.717, 1.165) is 38.5 Å². The third-order valence-corrected chi connectivity index (χ3v) is 7.35. The molecular formula is C20H30O3. The number of aliphatic carboxylic acids is 1. The first-order chi connectivity index (χ1) is 10.8. The Bertz CT molecular complexity index is 551. The average molecular weight is 318 g/mol. The van der Waals surface area contributed by atoms with Gasteiger partial charge in [-0.1, -0.05) is 31.2 Å². The normalized spacial score (nSPS) is 44.8. The van der Waals surface area contributed by atoms with Crippen molar-refractivity contribution in [3.63, 3.8) is 0 Å². The van der Waals surface area contributed by atoms with Crippen LogP contribution in [-0.2, 0) is 4.79 Å². The molecule has 2 saturated carbocycles. The molecular weight excluding hydrogens is 288 g/mol. The van der Waals surface area contributed by atoms with Gasteiger partial charge in [-0.3, -0.25) is 4.79 Å². The molecule has 3 heteroatoms. The molecule has 3 aliphatic carbocycles. The van der Waals surface area contributed by atoms with E-state index >= 15 is 0 Å². The molecule has 0 saturated heterocycles. The predicted molar refractivity (Wildman–Crippen MR) is 90.9 cm³/mol. The molecule has 0 aromatic rings. The predicted octanol–water partition coefficient (Wildman–Crippen LogP) is 4.18. The monoisotopic (exact) mass is 318 g/mol.